The van der Waals surface area contributed by atoms with E-state index in [-0.39, 0.29) is 23.4 Å². The van der Waals surface area contributed by atoms with Crippen molar-refractivity contribution >= 4 is 46.7 Å². The number of aryl methyl sites for hydroxylation is 1. The number of hydrazine groups is 1. The Balaban J connectivity index is 2.04. The number of benzene rings is 2. The molecule has 6 nitrogen and oxygen atoms in total. The Morgan fingerprint density at radius 1 is 1.00 bits per heavy atom. The van der Waals surface area contributed by atoms with Gasteiger partial charge in [-0.2, -0.15) is 5.01 Å². The first kappa shape index (κ1) is 21.0. The first-order valence-electron chi connectivity index (χ1n) is 8.96. The molecule has 8 heteroatoms. The summed E-state index contributed by atoms with van der Waals surface area (Å²) in [6.45, 7) is 3.36. The zero-order valence-corrected chi connectivity index (χ0v) is 17.3. The van der Waals surface area contributed by atoms with Gasteiger partial charge >= 0.3 is 0 Å². The van der Waals surface area contributed by atoms with Gasteiger partial charge in [-0.05, 0) is 32.0 Å². The average Bonchev–Trinajstić information content (AvgIpc) is 3.00. The molecule has 1 aliphatic rings. The summed E-state index contributed by atoms with van der Waals surface area (Å²) in [5.74, 6) is -2.23. The molecule has 1 atom stereocenters. The molecule has 1 aliphatic heterocycles. The summed E-state index contributed by atoms with van der Waals surface area (Å²) >= 11 is 12.1. The molecular weight excluding hydrogens is 415 g/mol. The quantitative estimate of drug-likeness (QED) is 0.526. The maximum absolute atomic E-state index is 13.3. The van der Waals surface area contributed by atoms with Crippen molar-refractivity contribution in [3.05, 3.63) is 69.2 Å². The number of Topliss-reactive ketones (excluding diaryl/α,β-unsaturated/α-hetero) is 1. The lowest BCUT2D eigenvalue weighted by atomic mass is 10.0. The van der Waals surface area contributed by atoms with Crippen LogP contribution >= 0.6 is 23.2 Å². The molecule has 0 bridgehead atoms. The summed E-state index contributed by atoms with van der Waals surface area (Å²) in [6.07, 6.45) is -0.0508. The van der Waals surface area contributed by atoms with E-state index in [1.54, 1.807) is 24.3 Å². The molecule has 29 heavy (non-hydrogen) atoms. The van der Waals surface area contributed by atoms with E-state index in [2.05, 4.69) is 0 Å². The average molecular weight is 433 g/mol. The van der Waals surface area contributed by atoms with Crippen LogP contribution in [0.25, 0.3) is 0 Å². The van der Waals surface area contributed by atoms with Crippen molar-refractivity contribution in [1.82, 2.24) is 10.0 Å². The number of hydrogen-bond donors (Lipinski definition) is 0. The van der Waals surface area contributed by atoms with Crippen LogP contribution in [-0.2, 0) is 9.59 Å². The molecule has 0 aromatic heterocycles. The van der Waals surface area contributed by atoms with E-state index in [0.717, 1.165) is 15.6 Å². The molecular formula is C21H18Cl2N2O4. The third kappa shape index (κ3) is 4.18. The van der Waals surface area contributed by atoms with Gasteiger partial charge in [-0.15, -0.1) is 0 Å². The second-order valence-electron chi connectivity index (χ2n) is 6.78. The Morgan fingerprint density at radius 2 is 1.59 bits per heavy atom. The SMILES string of the molecule is Cc1ccc(C(=O)[C@H](C)N(C(=O)c2ccc(Cl)cc2Cl)N2C(=O)CCC2=O)cc1. The van der Waals surface area contributed by atoms with Gasteiger partial charge in [-0.25, -0.2) is 5.01 Å². The lowest BCUT2D eigenvalue weighted by Crippen LogP contribution is -2.56. The largest absolute Gasteiger partial charge is 0.292 e. The Kier molecular flexibility index (Phi) is 6.05. The van der Waals surface area contributed by atoms with E-state index in [1.165, 1.54) is 25.1 Å². The van der Waals surface area contributed by atoms with Crippen LogP contribution in [0.4, 0.5) is 0 Å². The molecule has 0 spiro atoms. The number of imide groups is 1. The highest BCUT2D eigenvalue weighted by Crippen LogP contribution is 2.27. The lowest BCUT2D eigenvalue weighted by Gasteiger charge is -2.34. The van der Waals surface area contributed by atoms with Crippen LogP contribution in [0.15, 0.2) is 42.5 Å². The highest BCUT2D eigenvalue weighted by molar-refractivity contribution is 6.36. The maximum Gasteiger partial charge on any atom is 0.275 e. The third-order valence-corrected chi connectivity index (χ3v) is 5.24. The Morgan fingerprint density at radius 3 is 2.14 bits per heavy atom. The van der Waals surface area contributed by atoms with Gasteiger partial charge in [0, 0.05) is 23.4 Å². The molecule has 3 rings (SSSR count). The van der Waals surface area contributed by atoms with Gasteiger partial charge < -0.3 is 0 Å². The number of nitrogens with zero attached hydrogens (tertiary/aromatic N) is 2. The van der Waals surface area contributed by atoms with E-state index in [4.69, 9.17) is 23.2 Å². The predicted octanol–water partition coefficient (Wildman–Crippen LogP) is 4.08. The molecule has 2 aromatic rings. The second-order valence-corrected chi connectivity index (χ2v) is 7.62. The molecule has 1 heterocycles. The summed E-state index contributed by atoms with van der Waals surface area (Å²) in [6, 6.07) is 9.96. The number of amides is 3. The van der Waals surface area contributed by atoms with Crippen molar-refractivity contribution in [2.24, 2.45) is 0 Å². The van der Waals surface area contributed by atoms with Crippen LogP contribution < -0.4 is 0 Å². The van der Waals surface area contributed by atoms with Crippen molar-refractivity contribution < 1.29 is 19.2 Å². The van der Waals surface area contributed by atoms with Crippen LogP contribution in [0, 0.1) is 6.92 Å². The van der Waals surface area contributed by atoms with Gasteiger partial charge in [0.15, 0.2) is 5.78 Å². The maximum atomic E-state index is 13.3. The van der Waals surface area contributed by atoms with Crippen LogP contribution in [0.5, 0.6) is 0 Å². The molecule has 1 fully saturated rings. The molecule has 3 amide bonds. The Bertz CT molecular complexity index is 988. The fourth-order valence-corrected chi connectivity index (χ4v) is 3.59. The van der Waals surface area contributed by atoms with Crippen LogP contribution in [0.2, 0.25) is 10.0 Å². The standard InChI is InChI=1S/C21H18Cl2N2O4/c1-12-3-5-14(6-4-12)20(28)13(2)24(25-18(26)9-10-19(25)27)21(29)16-8-7-15(22)11-17(16)23/h3-8,11,13H,9-10H2,1-2H3/t13-/m0/s1. The monoisotopic (exact) mass is 432 g/mol. The first-order chi connectivity index (χ1) is 13.7. The van der Waals surface area contributed by atoms with Crippen molar-refractivity contribution in [2.45, 2.75) is 32.7 Å². The van der Waals surface area contributed by atoms with Crippen molar-refractivity contribution in [3.63, 3.8) is 0 Å². The van der Waals surface area contributed by atoms with E-state index < -0.39 is 29.5 Å². The van der Waals surface area contributed by atoms with Crippen LogP contribution in [0.1, 0.15) is 46.0 Å². The fraction of sp³-hybridized carbons (Fsp3) is 0.238. The molecule has 0 aliphatic carbocycles. The van der Waals surface area contributed by atoms with E-state index >= 15 is 0 Å². The Hall–Kier alpha value is -2.70. The van der Waals surface area contributed by atoms with Crippen LogP contribution in [-0.4, -0.2) is 39.6 Å². The smallest absolute Gasteiger partial charge is 0.275 e. The zero-order valence-electron chi connectivity index (χ0n) is 15.8. The summed E-state index contributed by atoms with van der Waals surface area (Å²) in [5, 5.41) is 2.04. The minimum absolute atomic E-state index is 0.0254. The molecule has 0 saturated carbocycles. The minimum Gasteiger partial charge on any atom is -0.292 e. The summed E-state index contributed by atoms with van der Waals surface area (Å²) in [4.78, 5) is 51.0. The number of hydrogen-bond acceptors (Lipinski definition) is 4. The molecule has 1 saturated heterocycles. The summed E-state index contributed by atoms with van der Waals surface area (Å²) in [5.41, 5.74) is 1.37. The van der Waals surface area contributed by atoms with Crippen molar-refractivity contribution in [3.8, 4) is 0 Å². The molecule has 150 valence electrons. The fourth-order valence-electron chi connectivity index (χ4n) is 3.10. The minimum atomic E-state index is -1.11. The molecule has 0 unspecified atom stereocenters. The van der Waals surface area contributed by atoms with Gasteiger partial charge in [0.1, 0.15) is 6.04 Å². The number of ketones is 1. The van der Waals surface area contributed by atoms with Gasteiger partial charge in [0.25, 0.3) is 5.91 Å². The lowest BCUT2D eigenvalue weighted by molar-refractivity contribution is -0.154. The number of rotatable bonds is 5. The number of halogens is 2. The second kappa shape index (κ2) is 8.35. The highest BCUT2D eigenvalue weighted by atomic mass is 35.5. The summed E-state index contributed by atoms with van der Waals surface area (Å²) in [7, 11) is 0. The van der Waals surface area contributed by atoms with Gasteiger partial charge in [-0.3, -0.25) is 19.2 Å². The van der Waals surface area contributed by atoms with E-state index in [0.29, 0.717) is 10.6 Å². The summed E-state index contributed by atoms with van der Waals surface area (Å²) < 4.78 is 0. The first-order valence-corrected chi connectivity index (χ1v) is 9.71. The third-order valence-electron chi connectivity index (χ3n) is 4.69. The highest BCUT2D eigenvalue weighted by Gasteiger charge is 2.42. The Labute approximate surface area is 178 Å². The van der Waals surface area contributed by atoms with E-state index in [9.17, 15) is 19.2 Å². The number of carbonyl (C=O) groups is 4. The molecule has 0 radical (unpaired) electrons. The number of carbonyl (C=O) groups excluding carboxylic acids is 4. The van der Waals surface area contributed by atoms with E-state index in [1.807, 2.05) is 6.92 Å². The van der Waals surface area contributed by atoms with Crippen LogP contribution in [0.3, 0.4) is 0 Å². The van der Waals surface area contributed by atoms with Crippen molar-refractivity contribution in [1.29, 1.82) is 0 Å². The molecule has 0 N–H and O–H groups in total. The predicted molar refractivity (Wildman–Crippen MR) is 109 cm³/mol. The zero-order chi connectivity index (χ0) is 21.3. The van der Waals surface area contributed by atoms with Gasteiger partial charge in [0.2, 0.25) is 11.8 Å². The van der Waals surface area contributed by atoms with Crippen molar-refractivity contribution in [2.75, 3.05) is 0 Å². The topological polar surface area (TPSA) is 74.8 Å². The molecule has 2 aromatic carbocycles. The van der Waals surface area contributed by atoms with Gasteiger partial charge in [-0.1, -0.05) is 53.0 Å². The van der Waals surface area contributed by atoms with Gasteiger partial charge in [0.05, 0.1) is 10.6 Å². The normalized spacial score (nSPS) is 14.8.